The second-order valence-corrected chi connectivity index (χ2v) is 6.59. The van der Waals surface area contributed by atoms with Crippen molar-refractivity contribution in [1.82, 2.24) is 0 Å². The van der Waals surface area contributed by atoms with Crippen molar-refractivity contribution in [2.45, 2.75) is 26.2 Å². The first-order valence-electron chi connectivity index (χ1n) is 9.43. The Morgan fingerprint density at radius 1 is 1.07 bits per heavy atom. The highest BCUT2D eigenvalue weighted by atomic mass is 19.1. The van der Waals surface area contributed by atoms with E-state index in [0.29, 0.717) is 18.8 Å². The summed E-state index contributed by atoms with van der Waals surface area (Å²) in [7, 11) is 0. The van der Waals surface area contributed by atoms with Crippen LogP contribution >= 0.6 is 0 Å². The number of allylic oxidation sites excluding steroid dienone is 2. The smallest absolute Gasteiger partial charge is 0.317 e. The minimum absolute atomic E-state index is 0.205. The second kappa shape index (κ2) is 8.83. The maximum atomic E-state index is 13.3. The number of ketones is 1. The molecule has 3 rings (SSSR count). The van der Waals surface area contributed by atoms with Crippen LogP contribution in [-0.4, -0.2) is 25.0 Å². The Labute approximate surface area is 164 Å². The summed E-state index contributed by atoms with van der Waals surface area (Å²) in [6.07, 6.45) is 1.93. The van der Waals surface area contributed by atoms with E-state index >= 15 is 0 Å². The minimum atomic E-state index is -0.925. The van der Waals surface area contributed by atoms with Gasteiger partial charge in [-0.3, -0.25) is 9.59 Å². The van der Waals surface area contributed by atoms with Gasteiger partial charge in [0.05, 0.1) is 13.2 Å². The number of carbonyl (C=O) groups excluding carboxylic acids is 2. The van der Waals surface area contributed by atoms with Crippen molar-refractivity contribution >= 4 is 17.3 Å². The molecule has 0 fully saturated rings. The molecule has 146 valence electrons. The fourth-order valence-electron chi connectivity index (χ4n) is 3.61. The zero-order chi connectivity index (χ0) is 20.1. The summed E-state index contributed by atoms with van der Waals surface area (Å²) in [6, 6.07) is 13.4. The molecule has 5 heteroatoms. The molecule has 1 aliphatic rings. The largest absolute Gasteiger partial charge is 0.494 e. The topological polar surface area (TPSA) is 52.6 Å². The van der Waals surface area contributed by atoms with E-state index in [1.54, 1.807) is 19.1 Å². The third-order valence-electron chi connectivity index (χ3n) is 4.84. The van der Waals surface area contributed by atoms with Crippen molar-refractivity contribution in [3.05, 3.63) is 71.6 Å². The van der Waals surface area contributed by atoms with Crippen molar-refractivity contribution in [1.29, 1.82) is 0 Å². The van der Waals surface area contributed by atoms with Crippen LogP contribution in [0.1, 0.15) is 37.3 Å². The van der Waals surface area contributed by atoms with Gasteiger partial charge in [0.25, 0.3) is 0 Å². The van der Waals surface area contributed by atoms with Crippen molar-refractivity contribution in [2.24, 2.45) is 5.92 Å². The molecule has 0 saturated carbocycles. The number of carbonyl (C=O) groups is 2. The lowest BCUT2D eigenvalue weighted by Crippen LogP contribution is -2.34. The zero-order valence-corrected chi connectivity index (χ0v) is 16.0. The molecule has 0 amide bonds. The summed E-state index contributed by atoms with van der Waals surface area (Å²) in [5.74, 6) is -1.87. The van der Waals surface area contributed by atoms with Crippen LogP contribution < -0.4 is 4.74 Å². The molecule has 0 heterocycles. The molecule has 0 spiro atoms. The number of ether oxygens (including phenoxy) is 2. The van der Waals surface area contributed by atoms with Gasteiger partial charge in [0.2, 0.25) is 0 Å². The molecule has 2 aromatic rings. The first-order valence-corrected chi connectivity index (χ1v) is 9.43. The van der Waals surface area contributed by atoms with E-state index in [4.69, 9.17) is 9.47 Å². The van der Waals surface area contributed by atoms with Crippen LogP contribution in [0.5, 0.6) is 5.75 Å². The number of halogens is 1. The zero-order valence-electron chi connectivity index (χ0n) is 16.0. The van der Waals surface area contributed by atoms with E-state index in [1.807, 2.05) is 31.2 Å². The van der Waals surface area contributed by atoms with E-state index < -0.39 is 17.8 Å². The van der Waals surface area contributed by atoms with E-state index in [-0.39, 0.29) is 18.2 Å². The number of rotatable bonds is 6. The lowest BCUT2D eigenvalue weighted by atomic mass is 9.73. The van der Waals surface area contributed by atoms with Crippen molar-refractivity contribution in [3.63, 3.8) is 0 Å². The number of benzene rings is 2. The predicted octanol–water partition coefficient (Wildman–Crippen LogP) is 4.54. The van der Waals surface area contributed by atoms with Gasteiger partial charge in [-0.15, -0.1) is 0 Å². The standard InChI is InChI=1S/C23H23FO4/c1-3-27-21-8-6-5-7-18(21)19-13-16(15-9-11-17(24)12-10-15)14-20(25)22(19)23(26)28-4-2/h5-12,14,19,22H,3-4,13H2,1-2H3. The van der Waals surface area contributed by atoms with Gasteiger partial charge in [-0.2, -0.15) is 0 Å². The first-order chi connectivity index (χ1) is 13.5. The first kappa shape index (κ1) is 19.8. The number of hydrogen-bond acceptors (Lipinski definition) is 4. The summed E-state index contributed by atoms with van der Waals surface area (Å²) in [5.41, 5.74) is 2.32. The molecule has 0 aromatic heterocycles. The van der Waals surface area contributed by atoms with Crippen molar-refractivity contribution < 1.29 is 23.5 Å². The van der Waals surface area contributed by atoms with E-state index in [1.165, 1.54) is 18.2 Å². The fourth-order valence-corrected chi connectivity index (χ4v) is 3.61. The highest BCUT2D eigenvalue weighted by Gasteiger charge is 2.40. The molecule has 0 bridgehead atoms. The van der Waals surface area contributed by atoms with Gasteiger partial charge in [0, 0.05) is 5.92 Å². The van der Waals surface area contributed by atoms with Crippen LogP contribution in [0.4, 0.5) is 4.39 Å². The molecule has 0 saturated heterocycles. The van der Waals surface area contributed by atoms with Crippen LogP contribution in [0.3, 0.4) is 0 Å². The monoisotopic (exact) mass is 382 g/mol. The Morgan fingerprint density at radius 2 is 1.79 bits per heavy atom. The molecular weight excluding hydrogens is 359 g/mol. The van der Waals surface area contributed by atoms with E-state index in [9.17, 15) is 14.0 Å². The fraction of sp³-hybridized carbons (Fsp3) is 0.304. The highest BCUT2D eigenvalue weighted by molar-refractivity contribution is 6.10. The third kappa shape index (κ3) is 4.14. The van der Waals surface area contributed by atoms with Crippen molar-refractivity contribution in [3.8, 4) is 5.75 Å². The molecule has 2 atom stereocenters. The van der Waals surface area contributed by atoms with Gasteiger partial charge in [-0.05, 0) is 61.2 Å². The molecule has 2 aromatic carbocycles. The SMILES string of the molecule is CCOC(=O)C1C(=O)C=C(c2ccc(F)cc2)CC1c1ccccc1OCC. The summed E-state index contributed by atoms with van der Waals surface area (Å²) in [4.78, 5) is 25.5. The average molecular weight is 382 g/mol. The Kier molecular flexibility index (Phi) is 6.24. The quantitative estimate of drug-likeness (QED) is 0.544. The predicted molar refractivity (Wildman–Crippen MR) is 104 cm³/mol. The Morgan fingerprint density at radius 3 is 2.46 bits per heavy atom. The van der Waals surface area contributed by atoms with Gasteiger partial charge < -0.3 is 9.47 Å². The van der Waals surface area contributed by atoms with Crippen LogP contribution in [0.25, 0.3) is 5.57 Å². The van der Waals surface area contributed by atoms with Crippen molar-refractivity contribution in [2.75, 3.05) is 13.2 Å². The minimum Gasteiger partial charge on any atom is -0.494 e. The molecule has 0 aliphatic heterocycles. The average Bonchev–Trinajstić information content (AvgIpc) is 2.69. The maximum Gasteiger partial charge on any atom is 0.317 e. The molecule has 1 aliphatic carbocycles. The number of hydrogen-bond donors (Lipinski definition) is 0. The molecular formula is C23H23FO4. The molecule has 0 N–H and O–H groups in total. The number of para-hydroxylation sites is 1. The Hall–Kier alpha value is -2.95. The van der Waals surface area contributed by atoms with Crippen LogP contribution in [-0.2, 0) is 14.3 Å². The lowest BCUT2D eigenvalue weighted by Gasteiger charge is -2.30. The maximum absolute atomic E-state index is 13.3. The molecule has 4 nitrogen and oxygen atoms in total. The van der Waals surface area contributed by atoms with Crippen LogP contribution in [0.2, 0.25) is 0 Å². The van der Waals surface area contributed by atoms with E-state index in [2.05, 4.69) is 0 Å². The highest BCUT2D eigenvalue weighted by Crippen LogP contribution is 2.43. The third-order valence-corrected chi connectivity index (χ3v) is 4.84. The summed E-state index contributed by atoms with van der Waals surface area (Å²) in [6.45, 7) is 4.28. The Bertz CT molecular complexity index is 886. The van der Waals surface area contributed by atoms with Gasteiger partial charge >= 0.3 is 5.97 Å². The molecule has 2 unspecified atom stereocenters. The van der Waals surface area contributed by atoms with Crippen LogP contribution in [0.15, 0.2) is 54.6 Å². The summed E-state index contributed by atoms with van der Waals surface area (Å²) < 4.78 is 24.2. The Balaban J connectivity index is 2.05. The summed E-state index contributed by atoms with van der Waals surface area (Å²) in [5, 5.41) is 0. The van der Waals surface area contributed by atoms with Gasteiger partial charge in [0.15, 0.2) is 5.78 Å². The second-order valence-electron chi connectivity index (χ2n) is 6.59. The molecule has 0 radical (unpaired) electrons. The number of esters is 1. The summed E-state index contributed by atoms with van der Waals surface area (Å²) >= 11 is 0. The lowest BCUT2D eigenvalue weighted by molar-refractivity contribution is -0.151. The van der Waals surface area contributed by atoms with Gasteiger partial charge in [-0.25, -0.2) is 4.39 Å². The van der Waals surface area contributed by atoms with Gasteiger partial charge in [-0.1, -0.05) is 30.3 Å². The normalized spacial score (nSPS) is 19.1. The van der Waals surface area contributed by atoms with Gasteiger partial charge in [0.1, 0.15) is 17.5 Å². The van der Waals surface area contributed by atoms with Crippen LogP contribution in [0, 0.1) is 11.7 Å². The van der Waals surface area contributed by atoms with E-state index in [0.717, 1.165) is 16.7 Å². The molecule has 28 heavy (non-hydrogen) atoms.